The molecule has 0 bridgehead atoms. The standard InChI is InChI=1S/C26H35N3O2/c1-4-15-29(18-22-11-9-20(2)10-12-22)25(30)19-28-16-13-23(14-17-28)27-26(31)24-8-6-5-7-21(24)3/h5-12,23H,4,13-19H2,1-3H3,(H,27,31). The van der Waals surface area contributed by atoms with Crippen molar-refractivity contribution in [3.8, 4) is 0 Å². The van der Waals surface area contributed by atoms with Gasteiger partial charge in [0.15, 0.2) is 0 Å². The molecule has 166 valence electrons. The monoisotopic (exact) mass is 421 g/mol. The molecule has 0 radical (unpaired) electrons. The van der Waals surface area contributed by atoms with Crippen LogP contribution in [0, 0.1) is 13.8 Å². The van der Waals surface area contributed by atoms with Gasteiger partial charge in [0.25, 0.3) is 5.91 Å². The van der Waals surface area contributed by atoms with Gasteiger partial charge in [0.1, 0.15) is 0 Å². The van der Waals surface area contributed by atoms with E-state index in [4.69, 9.17) is 0 Å². The SMILES string of the molecule is CCCN(Cc1ccc(C)cc1)C(=O)CN1CCC(NC(=O)c2ccccc2C)CC1. The van der Waals surface area contributed by atoms with Crippen LogP contribution in [-0.2, 0) is 11.3 Å². The average molecular weight is 422 g/mol. The Kier molecular flexibility index (Phi) is 8.24. The highest BCUT2D eigenvalue weighted by Gasteiger charge is 2.24. The molecule has 5 heteroatoms. The zero-order chi connectivity index (χ0) is 22.2. The summed E-state index contributed by atoms with van der Waals surface area (Å²) in [5, 5.41) is 3.17. The highest BCUT2D eigenvalue weighted by molar-refractivity contribution is 5.95. The molecule has 2 amide bonds. The molecular formula is C26H35N3O2. The van der Waals surface area contributed by atoms with Crippen molar-refractivity contribution in [1.29, 1.82) is 0 Å². The number of amides is 2. The molecule has 2 aromatic carbocycles. The number of nitrogens with one attached hydrogen (secondary N) is 1. The van der Waals surface area contributed by atoms with Crippen LogP contribution < -0.4 is 5.32 Å². The first-order valence-corrected chi connectivity index (χ1v) is 11.4. The van der Waals surface area contributed by atoms with Gasteiger partial charge in [0.2, 0.25) is 5.91 Å². The molecule has 0 saturated carbocycles. The second-order valence-electron chi connectivity index (χ2n) is 8.64. The Hall–Kier alpha value is -2.66. The van der Waals surface area contributed by atoms with E-state index >= 15 is 0 Å². The van der Waals surface area contributed by atoms with E-state index in [0.717, 1.165) is 50.0 Å². The summed E-state index contributed by atoms with van der Waals surface area (Å²) in [5.41, 5.74) is 4.14. The third-order valence-electron chi connectivity index (χ3n) is 6.01. The normalized spacial score (nSPS) is 14.9. The summed E-state index contributed by atoms with van der Waals surface area (Å²) in [6, 6.07) is 16.2. The zero-order valence-electron chi connectivity index (χ0n) is 19.1. The summed E-state index contributed by atoms with van der Waals surface area (Å²) in [7, 11) is 0. The molecular weight excluding hydrogens is 386 g/mol. The van der Waals surface area contributed by atoms with Crippen LogP contribution in [0.5, 0.6) is 0 Å². The summed E-state index contributed by atoms with van der Waals surface area (Å²) in [6.07, 6.45) is 2.69. The lowest BCUT2D eigenvalue weighted by atomic mass is 10.0. The molecule has 0 aliphatic carbocycles. The van der Waals surface area contributed by atoms with Gasteiger partial charge in [-0.25, -0.2) is 0 Å². The molecule has 0 spiro atoms. The first-order chi connectivity index (χ1) is 15.0. The number of hydrogen-bond acceptors (Lipinski definition) is 3. The van der Waals surface area contributed by atoms with E-state index in [1.165, 1.54) is 11.1 Å². The predicted molar refractivity (Wildman–Crippen MR) is 125 cm³/mol. The summed E-state index contributed by atoms with van der Waals surface area (Å²) >= 11 is 0. The molecule has 1 heterocycles. The van der Waals surface area contributed by atoms with Gasteiger partial charge in [0.05, 0.1) is 6.54 Å². The van der Waals surface area contributed by atoms with Crippen LogP contribution in [0.2, 0.25) is 0 Å². The van der Waals surface area contributed by atoms with E-state index in [1.807, 2.05) is 36.1 Å². The largest absolute Gasteiger partial charge is 0.349 e. The second kappa shape index (κ2) is 11.1. The van der Waals surface area contributed by atoms with E-state index in [9.17, 15) is 9.59 Å². The molecule has 1 N–H and O–H groups in total. The number of carbonyl (C=O) groups excluding carboxylic acids is 2. The number of piperidine rings is 1. The van der Waals surface area contributed by atoms with Crippen molar-refractivity contribution in [3.05, 3.63) is 70.8 Å². The van der Waals surface area contributed by atoms with Crippen molar-refractivity contribution in [1.82, 2.24) is 15.1 Å². The van der Waals surface area contributed by atoms with Gasteiger partial charge >= 0.3 is 0 Å². The molecule has 1 fully saturated rings. The van der Waals surface area contributed by atoms with Crippen LogP contribution in [0.15, 0.2) is 48.5 Å². The van der Waals surface area contributed by atoms with Gasteiger partial charge in [-0.05, 0) is 50.3 Å². The molecule has 3 rings (SSSR count). The zero-order valence-corrected chi connectivity index (χ0v) is 19.1. The minimum atomic E-state index is -0.000143. The summed E-state index contributed by atoms with van der Waals surface area (Å²) < 4.78 is 0. The van der Waals surface area contributed by atoms with Gasteiger partial charge in [-0.1, -0.05) is 55.0 Å². The predicted octanol–water partition coefficient (Wildman–Crippen LogP) is 3.94. The minimum absolute atomic E-state index is 0.000143. The van der Waals surface area contributed by atoms with E-state index in [2.05, 4.69) is 48.3 Å². The fourth-order valence-electron chi connectivity index (χ4n) is 4.09. The Morgan fingerprint density at radius 2 is 1.71 bits per heavy atom. The first kappa shape index (κ1) is 23.0. The van der Waals surface area contributed by atoms with E-state index in [1.54, 1.807) is 0 Å². The third-order valence-corrected chi connectivity index (χ3v) is 6.01. The molecule has 5 nitrogen and oxygen atoms in total. The van der Waals surface area contributed by atoms with Gasteiger partial charge in [-0.15, -0.1) is 0 Å². The van der Waals surface area contributed by atoms with Gasteiger partial charge < -0.3 is 10.2 Å². The van der Waals surface area contributed by atoms with Gasteiger partial charge in [0, 0.05) is 37.8 Å². The van der Waals surface area contributed by atoms with Gasteiger partial charge in [-0.3, -0.25) is 14.5 Å². The van der Waals surface area contributed by atoms with Gasteiger partial charge in [-0.2, -0.15) is 0 Å². The summed E-state index contributed by atoms with van der Waals surface area (Å²) in [4.78, 5) is 29.7. The lowest BCUT2D eigenvalue weighted by Crippen LogP contribution is -2.48. The van der Waals surface area contributed by atoms with Crippen molar-refractivity contribution in [3.63, 3.8) is 0 Å². The van der Waals surface area contributed by atoms with E-state index in [-0.39, 0.29) is 17.9 Å². The van der Waals surface area contributed by atoms with E-state index < -0.39 is 0 Å². The number of nitrogens with zero attached hydrogens (tertiary/aromatic N) is 2. The molecule has 31 heavy (non-hydrogen) atoms. The number of carbonyl (C=O) groups is 2. The summed E-state index contributed by atoms with van der Waals surface area (Å²) in [5.74, 6) is 0.185. The minimum Gasteiger partial charge on any atom is -0.349 e. The van der Waals surface area contributed by atoms with Crippen LogP contribution in [0.25, 0.3) is 0 Å². The Labute approximate surface area is 186 Å². The fourth-order valence-corrected chi connectivity index (χ4v) is 4.09. The molecule has 1 aliphatic heterocycles. The maximum Gasteiger partial charge on any atom is 0.251 e. The second-order valence-corrected chi connectivity index (χ2v) is 8.64. The molecule has 0 unspecified atom stereocenters. The van der Waals surface area contributed by atoms with Crippen molar-refractivity contribution < 1.29 is 9.59 Å². The Morgan fingerprint density at radius 3 is 2.35 bits per heavy atom. The lowest BCUT2D eigenvalue weighted by Gasteiger charge is -2.33. The van der Waals surface area contributed by atoms with Crippen LogP contribution in [-0.4, -0.2) is 53.8 Å². The maximum atomic E-state index is 13.0. The first-order valence-electron chi connectivity index (χ1n) is 11.4. The number of likely N-dealkylation sites (tertiary alicyclic amines) is 1. The topological polar surface area (TPSA) is 52.7 Å². The smallest absolute Gasteiger partial charge is 0.251 e. The number of rotatable bonds is 8. The fraction of sp³-hybridized carbons (Fsp3) is 0.462. The molecule has 0 aromatic heterocycles. The molecule has 1 aliphatic rings. The molecule has 1 saturated heterocycles. The van der Waals surface area contributed by atoms with E-state index in [0.29, 0.717) is 13.1 Å². The Balaban J connectivity index is 1.48. The Bertz CT molecular complexity index is 870. The average Bonchev–Trinajstić information content (AvgIpc) is 2.76. The quantitative estimate of drug-likeness (QED) is 0.703. The number of aryl methyl sites for hydroxylation is 2. The number of hydrogen-bond donors (Lipinski definition) is 1. The van der Waals surface area contributed by atoms with Crippen LogP contribution in [0.3, 0.4) is 0 Å². The van der Waals surface area contributed by atoms with Crippen LogP contribution in [0.1, 0.15) is 53.2 Å². The number of benzene rings is 2. The lowest BCUT2D eigenvalue weighted by molar-refractivity contribution is -0.133. The van der Waals surface area contributed by atoms with Crippen LogP contribution in [0.4, 0.5) is 0 Å². The van der Waals surface area contributed by atoms with Crippen molar-refractivity contribution in [2.75, 3.05) is 26.2 Å². The van der Waals surface area contributed by atoms with Crippen molar-refractivity contribution >= 4 is 11.8 Å². The highest BCUT2D eigenvalue weighted by Crippen LogP contribution is 2.14. The maximum absolute atomic E-state index is 13.0. The van der Waals surface area contributed by atoms with Crippen molar-refractivity contribution in [2.24, 2.45) is 0 Å². The molecule has 0 atom stereocenters. The highest BCUT2D eigenvalue weighted by atomic mass is 16.2. The van der Waals surface area contributed by atoms with Crippen molar-refractivity contribution in [2.45, 2.75) is 52.6 Å². The Morgan fingerprint density at radius 1 is 1.03 bits per heavy atom. The third kappa shape index (κ3) is 6.66. The summed E-state index contributed by atoms with van der Waals surface area (Å²) in [6.45, 7) is 9.69. The van der Waals surface area contributed by atoms with Crippen LogP contribution >= 0.6 is 0 Å². The molecule has 2 aromatic rings.